The van der Waals surface area contributed by atoms with Crippen LogP contribution in [0, 0.1) is 12.8 Å². The van der Waals surface area contributed by atoms with Gasteiger partial charge in [0, 0.05) is 37.8 Å². The molecule has 12 nitrogen and oxygen atoms in total. The van der Waals surface area contributed by atoms with Crippen LogP contribution in [0.1, 0.15) is 54.1 Å². The summed E-state index contributed by atoms with van der Waals surface area (Å²) in [6.45, 7) is 4.85. The Morgan fingerprint density at radius 2 is 2.04 bits per heavy atom. The van der Waals surface area contributed by atoms with Gasteiger partial charge in [0.2, 0.25) is 11.8 Å². The summed E-state index contributed by atoms with van der Waals surface area (Å²) < 4.78 is 27.5. The molecule has 4 aromatic rings. The Morgan fingerprint density at radius 1 is 1.18 bits per heavy atom. The molecule has 236 valence electrons. The number of carbonyl (C=O) groups excluding carboxylic acids is 2. The fourth-order valence-electron chi connectivity index (χ4n) is 6.60. The Balaban J connectivity index is 1.14. The highest BCUT2D eigenvalue weighted by Crippen LogP contribution is 2.50. The van der Waals surface area contributed by atoms with Crippen molar-refractivity contribution in [2.24, 2.45) is 5.92 Å². The predicted molar refractivity (Wildman–Crippen MR) is 169 cm³/mol. The topological polar surface area (TPSA) is 159 Å². The van der Waals surface area contributed by atoms with E-state index >= 15 is 0 Å². The minimum absolute atomic E-state index is 0.0563. The number of benzene rings is 2. The average molecular weight is 632 g/mol. The maximum atomic E-state index is 13.5. The summed E-state index contributed by atoms with van der Waals surface area (Å²) in [6.07, 6.45) is 5.49. The van der Waals surface area contributed by atoms with Gasteiger partial charge in [-0.05, 0) is 79.1 Å². The highest BCUT2D eigenvalue weighted by molar-refractivity contribution is 8.24. The highest BCUT2D eigenvalue weighted by Gasteiger charge is 2.47. The van der Waals surface area contributed by atoms with E-state index in [4.69, 9.17) is 4.52 Å². The van der Waals surface area contributed by atoms with Crippen LogP contribution in [-0.2, 0) is 24.3 Å². The first-order valence-corrected chi connectivity index (χ1v) is 17.1. The average Bonchev–Trinajstić information content (AvgIpc) is 3.28. The zero-order valence-electron chi connectivity index (χ0n) is 25.3. The molecular weight excluding hydrogens is 594 g/mol. The molecule has 45 heavy (non-hydrogen) atoms. The van der Waals surface area contributed by atoms with E-state index in [0.29, 0.717) is 56.4 Å². The van der Waals surface area contributed by atoms with Gasteiger partial charge in [-0.15, -0.1) is 0 Å². The first kappa shape index (κ1) is 29.5. The van der Waals surface area contributed by atoms with Gasteiger partial charge in [0.15, 0.2) is 5.82 Å². The third kappa shape index (κ3) is 6.07. The SMILES string of the molecule is Cc1noc(C2CC2C(=O)NCc2ccc(-c3cccc(-n4cccn4)c3)c3c2CN(C(=O)NC2(C)CCS(O)(O)C2)CC3)n1. The summed E-state index contributed by atoms with van der Waals surface area (Å²) >= 11 is 0. The number of urea groups is 1. The second-order valence-electron chi connectivity index (χ2n) is 12.6. The fourth-order valence-corrected chi connectivity index (χ4v) is 8.76. The molecule has 3 aliphatic rings. The predicted octanol–water partition coefficient (Wildman–Crippen LogP) is 4.63. The van der Waals surface area contributed by atoms with E-state index in [2.05, 4.69) is 44.1 Å². The van der Waals surface area contributed by atoms with Gasteiger partial charge in [-0.2, -0.15) is 20.7 Å². The summed E-state index contributed by atoms with van der Waals surface area (Å²) in [5.41, 5.74) is 5.53. The van der Waals surface area contributed by atoms with E-state index in [1.165, 1.54) is 0 Å². The zero-order chi connectivity index (χ0) is 31.3. The quantitative estimate of drug-likeness (QED) is 0.230. The molecule has 0 radical (unpaired) electrons. The van der Waals surface area contributed by atoms with E-state index < -0.39 is 16.1 Å². The highest BCUT2D eigenvalue weighted by atomic mass is 32.3. The van der Waals surface area contributed by atoms with Crippen molar-refractivity contribution in [3.63, 3.8) is 0 Å². The third-order valence-electron chi connectivity index (χ3n) is 9.10. The van der Waals surface area contributed by atoms with Crippen molar-refractivity contribution in [3.05, 3.63) is 83.3 Å². The normalized spacial score (nSPS) is 24.1. The molecule has 2 aromatic heterocycles. The number of carbonyl (C=O) groups is 2. The maximum absolute atomic E-state index is 13.5. The summed E-state index contributed by atoms with van der Waals surface area (Å²) in [4.78, 5) is 32.7. The molecule has 2 aromatic carbocycles. The molecule has 1 saturated heterocycles. The summed E-state index contributed by atoms with van der Waals surface area (Å²) in [7, 11) is -2.67. The lowest BCUT2D eigenvalue weighted by Gasteiger charge is -2.36. The fraction of sp³-hybridized carbons (Fsp3) is 0.406. The van der Waals surface area contributed by atoms with E-state index in [1.54, 1.807) is 18.0 Å². The molecule has 4 heterocycles. The summed E-state index contributed by atoms with van der Waals surface area (Å²) in [5, 5.41) is 14.4. The molecule has 1 aliphatic carbocycles. The van der Waals surface area contributed by atoms with Crippen LogP contribution in [0.5, 0.6) is 0 Å². The van der Waals surface area contributed by atoms with E-state index in [0.717, 1.165) is 33.5 Å². The minimum atomic E-state index is -2.67. The van der Waals surface area contributed by atoms with Crippen LogP contribution in [0.4, 0.5) is 4.79 Å². The van der Waals surface area contributed by atoms with Crippen molar-refractivity contribution in [2.75, 3.05) is 18.1 Å². The molecule has 1 saturated carbocycles. The first-order valence-electron chi connectivity index (χ1n) is 15.2. The number of nitrogens with one attached hydrogen (secondary N) is 2. The van der Waals surface area contributed by atoms with E-state index in [1.807, 2.05) is 42.1 Å². The van der Waals surface area contributed by atoms with E-state index in [9.17, 15) is 18.7 Å². The van der Waals surface area contributed by atoms with Crippen LogP contribution >= 0.6 is 10.6 Å². The van der Waals surface area contributed by atoms with Gasteiger partial charge in [0.25, 0.3) is 0 Å². The molecular formula is C32H37N7O5S. The molecule has 3 amide bonds. The zero-order valence-corrected chi connectivity index (χ0v) is 26.1. The molecule has 7 rings (SSSR count). The van der Waals surface area contributed by atoms with Crippen molar-refractivity contribution in [3.8, 4) is 16.8 Å². The molecule has 3 unspecified atom stereocenters. The van der Waals surface area contributed by atoms with Gasteiger partial charge in [-0.3, -0.25) is 13.9 Å². The lowest BCUT2D eigenvalue weighted by molar-refractivity contribution is -0.122. The van der Waals surface area contributed by atoms with Crippen molar-refractivity contribution in [2.45, 2.75) is 57.7 Å². The molecule has 2 aliphatic heterocycles. The van der Waals surface area contributed by atoms with E-state index in [-0.39, 0.29) is 29.5 Å². The monoisotopic (exact) mass is 631 g/mol. The van der Waals surface area contributed by atoms with Crippen LogP contribution in [0.25, 0.3) is 16.8 Å². The molecule has 2 fully saturated rings. The molecule has 3 atom stereocenters. The second-order valence-corrected chi connectivity index (χ2v) is 14.9. The number of aromatic nitrogens is 4. The lowest BCUT2D eigenvalue weighted by atomic mass is 9.87. The Hall–Kier alpha value is -4.20. The summed E-state index contributed by atoms with van der Waals surface area (Å²) in [6, 6.07) is 14.0. The van der Waals surface area contributed by atoms with Crippen LogP contribution in [0.3, 0.4) is 0 Å². The van der Waals surface area contributed by atoms with Gasteiger partial charge in [0.1, 0.15) is 0 Å². The first-order chi connectivity index (χ1) is 21.6. The number of nitrogens with zero attached hydrogens (tertiary/aromatic N) is 5. The Kier molecular flexibility index (Phi) is 7.41. The van der Waals surface area contributed by atoms with Gasteiger partial charge >= 0.3 is 6.03 Å². The van der Waals surface area contributed by atoms with Gasteiger partial charge in [-0.25, -0.2) is 9.48 Å². The van der Waals surface area contributed by atoms with Crippen LogP contribution < -0.4 is 10.6 Å². The lowest BCUT2D eigenvalue weighted by Crippen LogP contribution is -2.53. The van der Waals surface area contributed by atoms with Crippen LogP contribution in [-0.4, -0.2) is 69.5 Å². The number of hydrogen-bond acceptors (Lipinski definition) is 8. The number of hydrogen-bond donors (Lipinski definition) is 4. The van der Waals surface area contributed by atoms with Crippen LogP contribution in [0.15, 0.2) is 59.4 Å². The van der Waals surface area contributed by atoms with Crippen molar-refractivity contribution in [1.29, 1.82) is 0 Å². The molecule has 4 N–H and O–H groups in total. The molecule has 0 spiro atoms. The smallest absolute Gasteiger partial charge is 0.318 e. The van der Waals surface area contributed by atoms with Gasteiger partial charge < -0.3 is 20.1 Å². The summed E-state index contributed by atoms with van der Waals surface area (Å²) in [5.74, 6) is 1.21. The Bertz CT molecular complexity index is 1760. The second kappa shape index (κ2) is 11.3. The molecule has 13 heteroatoms. The van der Waals surface area contributed by atoms with Gasteiger partial charge in [0.05, 0.1) is 28.8 Å². The minimum Gasteiger partial charge on any atom is -0.352 e. The maximum Gasteiger partial charge on any atom is 0.318 e. The Morgan fingerprint density at radius 3 is 2.78 bits per heavy atom. The van der Waals surface area contributed by atoms with Crippen molar-refractivity contribution >= 4 is 22.5 Å². The van der Waals surface area contributed by atoms with Gasteiger partial charge in [-0.1, -0.05) is 29.4 Å². The third-order valence-corrected chi connectivity index (χ3v) is 11.1. The standard InChI is InChI=1S/C32H37N7O5S/c1-20-35-30(44-37-20)27-16-26(27)29(40)33-17-22-7-8-24(21-5-3-6-23(15-21)39-12-4-11-34-39)25-9-13-38(18-28(22)25)31(41)36-32(2)10-14-45(42,43)19-32/h3-8,11-12,15,26-27,42-43H,9-10,13-14,16-19H2,1-2H3,(H,33,40)(H,36,41). The Labute approximate surface area is 262 Å². The van der Waals surface area contributed by atoms with Crippen LogP contribution in [0.2, 0.25) is 0 Å². The number of amides is 3. The number of fused-ring (bicyclic) bond motifs is 1. The number of rotatable bonds is 7. The van der Waals surface area contributed by atoms with Crippen molar-refractivity contribution in [1.82, 2.24) is 35.5 Å². The van der Waals surface area contributed by atoms with Crippen molar-refractivity contribution < 1.29 is 23.2 Å². The number of aryl methyl sites for hydroxylation is 1. The molecule has 0 bridgehead atoms. The largest absolute Gasteiger partial charge is 0.352 e.